The van der Waals surface area contributed by atoms with Gasteiger partial charge in [-0.1, -0.05) is 36.8 Å². The number of hydrogen-bond donors (Lipinski definition) is 1. The lowest BCUT2D eigenvalue weighted by Crippen LogP contribution is -2.49. The second kappa shape index (κ2) is 6.06. The van der Waals surface area contributed by atoms with Gasteiger partial charge < -0.3 is 5.73 Å². The second-order valence-electron chi connectivity index (χ2n) is 6.31. The number of nitrogens with two attached hydrogens (primary N) is 1. The van der Waals surface area contributed by atoms with Gasteiger partial charge in [0.15, 0.2) is 0 Å². The minimum atomic E-state index is 0.162. The summed E-state index contributed by atoms with van der Waals surface area (Å²) in [5, 5.41) is 0. The van der Waals surface area contributed by atoms with E-state index in [1.54, 1.807) is 0 Å². The predicted octanol–water partition coefficient (Wildman–Crippen LogP) is 3.50. The number of aryl methyl sites for hydroxylation is 1. The second-order valence-corrected chi connectivity index (χ2v) is 6.31. The zero-order valence-electron chi connectivity index (χ0n) is 12.8. The van der Waals surface area contributed by atoms with E-state index >= 15 is 0 Å². The fourth-order valence-electron chi connectivity index (χ4n) is 3.32. The summed E-state index contributed by atoms with van der Waals surface area (Å²) in [5.41, 5.74) is 8.98. The van der Waals surface area contributed by atoms with Crippen molar-refractivity contribution in [1.29, 1.82) is 0 Å². The molecule has 2 heteroatoms. The molecule has 2 N–H and O–H groups in total. The highest BCUT2D eigenvalue weighted by Gasteiger charge is 2.32. The number of piperidine rings is 1. The van der Waals surface area contributed by atoms with Crippen LogP contribution < -0.4 is 5.73 Å². The summed E-state index contributed by atoms with van der Waals surface area (Å²) < 4.78 is 0. The van der Waals surface area contributed by atoms with Crippen LogP contribution in [0.15, 0.2) is 24.3 Å². The topological polar surface area (TPSA) is 29.3 Å². The lowest BCUT2D eigenvalue weighted by atomic mass is 9.87. The molecular weight excluding hydrogens is 232 g/mol. The smallest absolute Gasteiger partial charge is 0.0499 e. The molecule has 1 fully saturated rings. The molecule has 0 radical (unpaired) electrons. The van der Waals surface area contributed by atoms with Gasteiger partial charge in [-0.3, -0.25) is 4.90 Å². The Kier molecular flexibility index (Phi) is 4.64. The van der Waals surface area contributed by atoms with Crippen LogP contribution in [0.1, 0.15) is 50.8 Å². The molecule has 4 atom stereocenters. The molecule has 0 aliphatic carbocycles. The van der Waals surface area contributed by atoms with E-state index in [2.05, 4.69) is 56.9 Å². The molecule has 1 saturated heterocycles. The summed E-state index contributed by atoms with van der Waals surface area (Å²) in [6, 6.07) is 10.0. The molecule has 0 bridgehead atoms. The lowest BCUT2D eigenvalue weighted by Gasteiger charge is -2.44. The van der Waals surface area contributed by atoms with Crippen molar-refractivity contribution in [3.63, 3.8) is 0 Å². The molecule has 1 heterocycles. The molecule has 0 spiro atoms. The van der Waals surface area contributed by atoms with Crippen molar-refractivity contribution >= 4 is 0 Å². The first-order chi connectivity index (χ1) is 9.00. The third-order valence-corrected chi connectivity index (χ3v) is 4.70. The first-order valence-corrected chi connectivity index (χ1v) is 7.58. The van der Waals surface area contributed by atoms with Crippen LogP contribution in [0.2, 0.25) is 0 Å². The van der Waals surface area contributed by atoms with Crippen molar-refractivity contribution in [2.45, 2.75) is 58.7 Å². The molecule has 1 aromatic rings. The van der Waals surface area contributed by atoms with E-state index in [1.165, 1.54) is 30.5 Å². The van der Waals surface area contributed by atoms with Crippen LogP contribution in [0.4, 0.5) is 0 Å². The lowest BCUT2D eigenvalue weighted by molar-refractivity contribution is 0.0579. The summed E-state index contributed by atoms with van der Waals surface area (Å²) in [5.74, 6) is 0.764. The highest BCUT2D eigenvalue weighted by Crippen LogP contribution is 2.33. The molecule has 1 aliphatic heterocycles. The summed E-state index contributed by atoms with van der Waals surface area (Å²) in [4.78, 5) is 2.61. The number of rotatable bonds is 3. The molecule has 0 aromatic heterocycles. The van der Waals surface area contributed by atoms with Crippen LogP contribution in [0.3, 0.4) is 0 Å². The fourth-order valence-corrected chi connectivity index (χ4v) is 3.32. The van der Waals surface area contributed by atoms with Gasteiger partial charge in [-0.05, 0) is 51.6 Å². The predicted molar refractivity (Wildman–Crippen MR) is 82.1 cm³/mol. The van der Waals surface area contributed by atoms with Crippen molar-refractivity contribution in [1.82, 2.24) is 4.90 Å². The van der Waals surface area contributed by atoms with E-state index in [9.17, 15) is 0 Å². The Labute approximate surface area is 118 Å². The molecule has 1 aromatic carbocycles. The standard InChI is InChI=1S/C17H28N2/c1-12-7-9-16(10-8-12)17(14(3)18)19-11-5-6-13(2)15(19)4/h7-10,13-15,17H,5-6,11,18H2,1-4H3. The Morgan fingerprint density at radius 3 is 2.42 bits per heavy atom. The molecule has 2 nitrogen and oxygen atoms in total. The van der Waals surface area contributed by atoms with Gasteiger partial charge in [0.25, 0.3) is 0 Å². The van der Waals surface area contributed by atoms with Crippen molar-refractivity contribution in [2.24, 2.45) is 11.7 Å². The number of likely N-dealkylation sites (tertiary alicyclic amines) is 1. The van der Waals surface area contributed by atoms with Gasteiger partial charge in [-0.25, -0.2) is 0 Å². The van der Waals surface area contributed by atoms with Crippen LogP contribution in [-0.4, -0.2) is 23.5 Å². The molecule has 4 unspecified atom stereocenters. The fraction of sp³-hybridized carbons (Fsp3) is 0.647. The Morgan fingerprint density at radius 2 is 1.84 bits per heavy atom. The van der Waals surface area contributed by atoms with Crippen molar-refractivity contribution < 1.29 is 0 Å². The van der Waals surface area contributed by atoms with Gasteiger partial charge in [0, 0.05) is 18.1 Å². The van der Waals surface area contributed by atoms with Gasteiger partial charge in [-0.15, -0.1) is 0 Å². The Balaban J connectivity index is 2.27. The van der Waals surface area contributed by atoms with Gasteiger partial charge in [0.05, 0.1) is 0 Å². The minimum absolute atomic E-state index is 0.162. The van der Waals surface area contributed by atoms with Crippen molar-refractivity contribution in [3.8, 4) is 0 Å². The first kappa shape index (κ1) is 14.5. The largest absolute Gasteiger partial charge is 0.326 e. The number of hydrogen-bond acceptors (Lipinski definition) is 2. The highest BCUT2D eigenvalue weighted by atomic mass is 15.2. The summed E-state index contributed by atoms with van der Waals surface area (Å²) in [6.07, 6.45) is 2.64. The van der Waals surface area contributed by atoms with Crippen molar-refractivity contribution in [2.75, 3.05) is 6.54 Å². The maximum Gasteiger partial charge on any atom is 0.0499 e. The maximum atomic E-state index is 6.30. The molecule has 19 heavy (non-hydrogen) atoms. The Bertz CT molecular complexity index is 396. The van der Waals surface area contributed by atoms with Crippen LogP contribution >= 0.6 is 0 Å². The molecule has 0 saturated carbocycles. The van der Waals surface area contributed by atoms with Crippen LogP contribution in [-0.2, 0) is 0 Å². The molecular formula is C17H28N2. The number of benzene rings is 1. The van der Waals surface area contributed by atoms with Crippen LogP contribution in [0, 0.1) is 12.8 Å². The monoisotopic (exact) mass is 260 g/mol. The molecule has 2 rings (SSSR count). The average molecular weight is 260 g/mol. The summed E-state index contributed by atoms with van der Waals surface area (Å²) in [6.45, 7) is 10.2. The molecule has 0 amide bonds. The Hall–Kier alpha value is -0.860. The van der Waals surface area contributed by atoms with Gasteiger partial charge >= 0.3 is 0 Å². The zero-order chi connectivity index (χ0) is 14.0. The Morgan fingerprint density at radius 1 is 1.21 bits per heavy atom. The van der Waals surface area contributed by atoms with E-state index in [4.69, 9.17) is 5.73 Å². The highest BCUT2D eigenvalue weighted by molar-refractivity contribution is 5.25. The van der Waals surface area contributed by atoms with Crippen LogP contribution in [0.5, 0.6) is 0 Å². The van der Waals surface area contributed by atoms with E-state index in [1.807, 2.05) is 0 Å². The number of nitrogens with zero attached hydrogens (tertiary/aromatic N) is 1. The SMILES string of the molecule is Cc1ccc(C(C(C)N)N2CCCC(C)C2C)cc1. The molecule has 1 aliphatic rings. The van der Waals surface area contributed by atoms with E-state index in [0.717, 1.165) is 5.92 Å². The van der Waals surface area contributed by atoms with Crippen molar-refractivity contribution in [3.05, 3.63) is 35.4 Å². The normalized spacial score (nSPS) is 28.1. The van der Waals surface area contributed by atoms with E-state index in [0.29, 0.717) is 12.1 Å². The van der Waals surface area contributed by atoms with Crippen LogP contribution in [0.25, 0.3) is 0 Å². The quantitative estimate of drug-likeness (QED) is 0.901. The zero-order valence-corrected chi connectivity index (χ0v) is 12.8. The average Bonchev–Trinajstić information content (AvgIpc) is 2.37. The van der Waals surface area contributed by atoms with E-state index < -0.39 is 0 Å². The van der Waals surface area contributed by atoms with Gasteiger partial charge in [0.2, 0.25) is 0 Å². The summed E-state index contributed by atoms with van der Waals surface area (Å²) in [7, 11) is 0. The third-order valence-electron chi connectivity index (χ3n) is 4.70. The van der Waals surface area contributed by atoms with Gasteiger partial charge in [-0.2, -0.15) is 0 Å². The third kappa shape index (κ3) is 3.18. The maximum absolute atomic E-state index is 6.30. The first-order valence-electron chi connectivity index (χ1n) is 7.58. The summed E-state index contributed by atoms with van der Waals surface area (Å²) >= 11 is 0. The van der Waals surface area contributed by atoms with E-state index in [-0.39, 0.29) is 6.04 Å². The van der Waals surface area contributed by atoms with Gasteiger partial charge in [0.1, 0.15) is 0 Å². The molecule has 106 valence electrons. The minimum Gasteiger partial charge on any atom is -0.326 e.